The Kier molecular flexibility index (Phi) is 2.80. The molecule has 0 saturated carbocycles. The van der Waals surface area contributed by atoms with E-state index in [4.69, 9.17) is 0 Å². The summed E-state index contributed by atoms with van der Waals surface area (Å²) in [4.78, 5) is 11.8. The number of aromatic hydroxyl groups is 1. The van der Waals surface area contributed by atoms with Gasteiger partial charge in [0.05, 0.1) is 4.88 Å². The lowest BCUT2D eigenvalue weighted by atomic mass is 10.0. The normalized spacial score (nSPS) is 10.8. The molecule has 3 aromatic rings. The molecule has 0 amide bonds. The maximum absolute atomic E-state index is 13.0. The van der Waals surface area contributed by atoms with Crippen LogP contribution < -0.4 is 0 Å². The zero-order chi connectivity index (χ0) is 13.4. The van der Waals surface area contributed by atoms with Gasteiger partial charge in [-0.3, -0.25) is 4.79 Å². The number of benzene rings is 2. The summed E-state index contributed by atoms with van der Waals surface area (Å²) in [5.41, 5.74) is 1.58. The fourth-order valence-corrected chi connectivity index (χ4v) is 3.18. The van der Waals surface area contributed by atoms with Crippen LogP contribution in [0.25, 0.3) is 21.2 Å². The molecular formula is C15H9FO2S. The van der Waals surface area contributed by atoms with Gasteiger partial charge < -0.3 is 5.11 Å². The summed E-state index contributed by atoms with van der Waals surface area (Å²) in [6.07, 6.45) is 0.792. The molecule has 0 bridgehead atoms. The summed E-state index contributed by atoms with van der Waals surface area (Å²) >= 11 is 1.32. The Morgan fingerprint density at radius 3 is 2.53 bits per heavy atom. The first-order chi connectivity index (χ1) is 9.19. The molecule has 0 spiro atoms. The van der Waals surface area contributed by atoms with Crippen LogP contribution in [-0.4, -0.2) is 11.4 Å². The minimum atomic E-state index is -0.311. The first-order valence-corrected chi connectivity index (χ1v) is 6.47. The summed E-state index contributed by atoms with van der Waals surface area (Å²) in [5.74, 6) is -0.148. The molecule has 4 heteroatoms. The van der Waals surface area contributed by atoms with Crippen LogP contribution in [0.15, 0.2) is 42.5 Å². The van der Waals surface area contributed by atoms with Crippen molar-refractivity contribution in [2.45, 2.75) is 0 Å². The molecule has 1 heterocycles. The van der Waals surface area contributed by atoms with Gasteiger partial charge in [-0.15, -0.1) is 11.3 Å². The summed E-state index contributed by atoms with van der Waals surface area (Å²) in [5, 5.41) is 10.4. The van der Waals surface area contributed by atoms with E-state index in [1.165, 1.54) is 23.5 Å². The molecule has 1 N–H and O–H groups in total. The molecule has 2 aromatic carbocycles. The van der Waals surface area contributed by atoms with E-state index in [-0.39, 0.29) is 11.6 Å². The van der Waals surface area contributed by atoms with E-state index in [1.807, 2.05) is 0 Å². The Morgan fingerprint density at radius 1 is 1.11 bits per heavy atom. The summed E-state index contributed by atoms with van der Waals surface area (Å²) in [6.45, 7) is 0. The topological polar surface area (TPSA) is 37.3 Å². The van der Waals surface area contributed by atoms with Crippen molar-refractivity contribution in [1.29, 1.82) is 0 Å². The Bertz CT molecular complexity index is 760. The molecule has 3 rings (SSSR count). The van der Waals surface area contributed by atoms with Crippen molar-refractivity contribution in [3.8, 4) is 16.9 Å². The standard InChI is InChI=1S/C15H9FO2S/c16-10-3-1-9(2-4-10)15-12-6-5-11(18)7-13(12)19-14(15)8-17/h1-8,18H. The van der Waals surface area contributed by atoms with E-state index < -0.39 is 0 Å². The van der Waals surface area contributed by atoms with Crippen LogP contribution in [0, 0.1) is 5.82 Å². The van der Waals surface area contributed by atoms with E-state index in [9.17, 15) is 14.3 Å². The van der Waals surface area contributed by atoms with Crippen LogP contribution in [0.5, 0.6) is 5.75 Å². The van der Waals surface area contributed by atoms with E-state index in [0.29, 0.717) is 4.88 Å². The highest BCUT2D eigenvalue weighted by Gasteiger charge is 2.14. The molecule has 0 unspecified atom stereocenters. The smallest absolute Gasteiger partial charge is 0.160 e. The van der Waals surface area contributed by atoms with Crippen LogP contribution in [0.4, 0.5) is 4.39 Å². The molecule has 0 aliphatic carbocycles. The lowest BCUT2D eigenvalue weighted by Gasteiger charge is -2.01. The summed E-state index contributed by atoms with van der Waals surface area (Å²) in [7, 11) is 0. The zero-order valence-electron chi connectivity index (χ0n) is 9.76. The number of halogens is 1. The third-order valence-corrected chi connectivity index (χ3v) is 4.02. The van der Waals surface area contributed by atoms with Crippen LogP contribution >= 0.6 is 11.3 Å². The number of hydrogen-bond acceptors (Lipinski definition) is 3. The number of carbonyl (C=O) groups excluding carboxylic acids is 1. The van der Waals surface area contributed by atoms with Gasteiger partial charge in [-0.1, -0.05) is 12.1 Å². The predicted molar refractivity (Wildman–Crippen MR) is 74.3 cm³/mol. The van der Waals surface area contributed by atoms with Crippen LogP contribution in [0.3, 0.4) is 0 Å². The van der Waals surface area contributed by atoms with Gasteiger partial charge in [-0.2, -0.15) is 0 Å². The lowest BCUT2D eigenvalue weighted by molar-refractivity contribution is 0.112. The Balaban J connectivity index is 2.32. The van der Waals surface area contributed by atoms with E-state index in [2.05, 4.69) is 0 Å². The molecule has 0 saturated heterocycles. The molecular weight excluding hydrogens is 263 g/mol. The highest BCUT2D eigenvalue weighted by atomic mass is 32.1. The van der Waals surface area contributed by atoms with Gasteiger partial charge in [0.2, 0.25) is 0 Å². The van der Waals surface area contributed by atoms with Crippen LogP contribution in [0.2, 0.25) is 0 Å². The quantitative estimate of drug-likeness (QED) is 0.709. The van der Waals surface area contributed by atoms with Crippen LogP contribution in [0.1, 0.15) is 9.67 Å². The maximum atomic E-state index is 13.0. The van der Waals surface area contributed by atoms with Crippen molar-refractivity contribution in [2.24, 2.45) is 0 Å². The van der Waals surface area contributed by atoms with Crippen molar-refractivity contribution in [1.82, 2.24) is 0 Å². The van der Waals surface area contributed by atoms with E-state index >= 15 is 0 Å². The number of rotatable bonds is 2. The average molecular weight is 272 g/mol. The first-order valence-electron chi connectivity index (χ1n) is 5.65. The Morgan fingerprint density at radius 2 is 1.84 bits per heavy atom. The van der Waals surface area contributed by atoms with Crippen molar-refractivity contribution in [2.75, 3.05) is 0 Å². The van der Waals surface area contributed by atoms with E-state index in [1.54, 1.807) is 30.3 Å². The van der Waals surface area contributed by atoms with Gasteiger partial charge in [-0.25, -0.2) is 4.39 Å². The highest BCUT2D eigenvalue weighted by Crippen LogP contribution is 2.39. The fraction of sp³-hybridized carbons (Fsp3) is 0. The Labute approximate surface area is 112 Å². The minimum absolute atomic E-state index is 0.164. The molecule has 0 aliphatic heterocycles. The molecule has 0 radical (unpaired) electrons. The van der Waals surface area contributed by atoms with Gasteiger partial charge in [0.1, 0.15) is 11.6 Å². The van der Waals surface area contributed by atoms with Crippen molar-refractivity contribution < 1.29 is 14.3 Å². The van der Waals surface area contributed by atoms with Gasteiger partial charge in [0, 0.05) is 15.6 Å². The molecule has 94 valence electrons. The average Bonchev–Trinajstić information content (AvgIpc) is 2.77. The third-order valence-electron chi connectivity index (χ3n) is 2.94. The van der Waals surface area contributed by atoms with Crippen molar-refractivity contribution >= 4 is 27.7 Å². The number of fused-ring (bicyclic) bond motifs is 1. The number of carbonyl (C=O) groups is 1. The molecule has 0 fully saturated rings. The first kappa shape index (κ1) is 11.9. The fourth-order valence-electron chi connectivity index (χ4n) is 2.10. The number of phenols is 1. The number of aldehydes is 1. The van der Waals surface area contributed by atoms with Gasteiger partial charge in [0.15, 0.2) is 6.29 Å². The van der Waals surface area contributed by atoms with Gasteiger partial charge >= 0.3 is 0 Å². The number of hydrogen-bond donors (Lipinski definition) is 1. The molecule has 2 nitrogen and oxygen atoms in total. The third kappa shape index (κ3) is 2.00. The second kappa shape index (κ2) is 4.48. The summed E-state index contributed by atoms with van der Waals surface area (Å²) < 4.78 is 13.8. The zero-order valence-corrected chi connectivity index (χ0v) is 10.6. The monoisotopic (exact) mass is 272 g/mol. The second-order valence-corrected chi connectivity index (χ2v) is 5.23. The predicted octanol–water partition coefficient (Wildman–Crippen LogP) is 4.23. The second-order valence-electron chi connectivity index (χ2n) is 4.15. The molecule has 0 atom stereocenters. The Hall–Kier alpha value is -2.20. The number of thiophene rings is 1. The lowest BCUT2D eigenvalue weighted by Crippen LogP contribution is -1.82. The van der Waals surface area contributed by atoms with Gasteiger partial charge in [-0.05, 0) is 35.9 Å². The van der Waals surface area contributed by atoms with Crippen molar-refractivity contribution in [3.05, 3.63) is 53.2 Å². The number of phenolic OH excluding ortho intramolecular Hbond substituents is 1. The SMILES string of the molecule is O=Cc1sc2cc(O)ccc2c1-c1ccc(F)cc1. The highest BCUT2D eigenvalue weighted by molar-refractivity contribution is 7.21. The molecule has 19 heavy (non-hydrogen) atoms. The van der Waals surface area contributed by atoms with E-state index in [0.717, 1.165) is 27.5 Å². The maximum Gasteiger partial charge on any atom is 0.160 e. The largest absolute Gasteiger partial charge is 0.508 e. The molecule has 1 aromatic heterocycles. The minimum Gasteiger partial charge on any atom is -0.508 e. The van der Waals surface area contributed by atoms with Gasteiger partial charge in [0.25, 0.3) is 0 Å². The van der Waals surface area contributed by atoms with Crippen LogP contribution in [-0.2, 0) is 0 Å². The molecule has 0 aliphatic rings. The van der Waals surface area contributed by atoms with Crippen molar-refractivity contribution in [3.63, 3.8) is 0 Å². The summed E-state index contributed by atoms with van der Waals surface area (Å²) in [6, 6.07) is 11.0.